The summed E-state index contributed by atoms with van der Waals surface area (Å²) in [5.74, 6) is 0. The Morgan fingerprint density at radius 2 is 2.00 bits per heavy atom. The molecule has 0 spiro atoms. The number of nitrogens with zero attached hydrogens (tertiary/aromatic N) is 3. The van der Waals surface area contributed by atoms with Crippen LogP contribution >= 0.6 is 15.9 Å². The Morgan fingerprint density at radius 1 is 1.30 bits per heavy atom. The predicted molar refractivity (Wildman–Crippen MR) is 83.5 cm³/mol. The summed E-state index contributed by atoms with van der Waals surface area (Å²) >= 11 is 3.63. The van der Waals surface area contributed by atoms with Crippen molar-refractivity contribution in [1.82, 2.24) is 9.78 Å². The molecule has 20 heavy (non-hydrogen) atoms. The lowest BCUT2D eigenvalue weighted by Gasteiger charge is -2.08. The summed E-state index contributed by atoms with van der Waals surface area (Å²) in [6, 6.07) is 9.57. The van der Waals surface area contributed by atoms with Gasteiger partial charge in [0.2, 0.25) is 0 Å². The first-order valence-electron chi connectivity index (χ1n) is 6.67. The topological polar surface area (TPSA) is 53.6 Å². The lowest BCUT2D eigenvalue weighted by molar-refractivity contribution is 0.619. The third kappa shape index (κ3) is 3.02. The molecule has 0 fully saturated rings. The summed E-state index contributed by atoms with van der Waals surface area (Å²) in [6.45, 7) is 5.74. The van der Waals surface area contributed by atoms with E-state index >= 15 is 0 Å². The molecule has 5 heteroatoms. The number of nitriles is 1. The Labute approximate surface area is 127 Å². The molecule has 1 N–H and O–H groups in total. The van der Waals surface area contributed by atoms with Gasteiger partial charge in [-0.3, -0.25) is 4.68 Å². The van der Waals surface area contributed by atoms with E-state index in [2.05, 4.69) is 46.3 Å². The lowest BCUT2D eigenvalue weighted by atomic mass is 10.2. The number of benzene rings is 1. The Balaban J connectivity index is 2.13. The maximum absolute atomic E-state index is 8.78. The number of aryl methyl sites for hydroxylation is 2. The van der Waals surface area contributed by atoms with Gasteiger partial charge in [0.1, 0.15) is 0 Å². The number of rotatable bonds is 5. The molecule has 104 valence electrons. The van der Waals surface area contributed by atoms with Crippen molar-refractivity contribution in [2.24, 2.45) is 0 Å². The average molecular weight is 333 g/mol. The molecule has 0 bridgehead atoms. The normalized spacial score (nSPS) is 10.3. The zero-order valence-corrected chi connectivity index (χ0v) is 13.2. The standard InChI is InChI=1S/C15H17BrN4/c1-3-13-15(16)14(20(4-2)19-13)10-18-12-7-5-11(9-17)6-8-12/h5-8,18H,3-4,10H2,1-2H3. The van der Waals surface area contributed by atoms with E-state index in [0.29, 0.717) is 12.1 Å². The molecule has 4 nitrogen and oxygen atoms in total. The fourth-order valence-corrected chi connectivity index (χ4v) is 2.74. The highest BCUT2D eigenvalue weighted by Gasteiger charge is 2.13. The van der Waals surface area contributed by atoms with Crippen molar-refractivity contribution in [3.8, 4) is 6.07 Å². The van der Waals surface area contributed by atoms with E-state index in [0.717, 1.165) is 34.5 Å². The van der Waals surface area contributed by atoms with Crippen LogP contribution in [0.3, 0.4) is 0 Å². The highest BCUT2D eigenvalue weighted by atomic mass is 79.9. The van der Waals surface area contributed by atoms with E-state index in [-0.39, 0.29) is 0 Å². The predicted octanol–water partition coefficient (Wildman–Crippen LogP) is 3.71. The lowest BCUT2D eigenvalue weighted by Crippen LogP contribution is -2.08. The molecule has 0 saturated carbocycles. The van der Waals surface area contributed by atoms with Crippen LogP contribution in [0.4, 0.5) is 5.69 Å². The Morgan fingerprint density at radius 3 is 2.55 bits per heavy atom. The van der Waals surface area contributed by atoms with Crippen LogP contribution in [0.25, 0.3) is 0 Å². The maximum atomic E-state index is 8.78. The van der Waals surface area contributed by atoms with Crippen molar-refractivity contribution in [1.29, 1.82) is 5.26 Å². The van der Waals surface area contributed by atoms with Crippen LogP contribution in [0.15, 0.2) is 28.7 Å². The number of anilines is 1. The van der Waals surface area contributed by atoms with Gasteiger partial charge in [0.05, 0.1) is 34.0 Å². The maximum Gasteiger partial charge on any atom is 0.0991 e. The smallest absolute Gasteiger partial charge is 0.0991 e. The molecule has 0 amide bonds. The number of halogens is 1. The second-order valence-electron chi connectivity index (χ2n) is 4.42. The fraction of sp³-hybridized carbons (Fsp3) is 0.333. The summed E-state index contributed by atoms with van der Waals surface area (Å²) in [5.41, 5.74) is 3.90. The van der Waals surface area contributed by atoms with Gasteiger partial charge in [-0.2, -0.15) is 10.4 Å². The highest BCUT2D eigenvalue weighted by Crippen LogP contribution is 2.23. The van der Waals surface area contributed by atoms with Gasteiger partial charge in [-0.05, 0) is 53.5 Å². The van der Waals surface area contributed by atoms with Gasteiger partial charge in [-0.15, -0.1) is 0 Å². The molecule has 0 aliphatic carbocycles. The molecular weight excluding hydrogens is 316 g/mol. The number of aromatic nitrogens is 2. The Hall–Kier alpha value is -1.80. The van der Waals surface area contributed by atoms with Crippen molar-refractivity contribution in [2.75, 3.05) is 5.32 Å². The van der Waals surface area contributed by atoms with Crippen LogP contribution in [-0.2, 0) is 19.5 Å². The molecule has 1 aromatic carbocycles. The molecule has 0 saturated heterocycles. The molecule has 0 radical (unpaired) electrons. The Bertz CT molecular complexity index is 623. The van der Waals surface area contributed by atoms with Gasteiger partial charge in [-0.25, -0.2) is 0 Å². The zero-order chi connectivity index (χ0) is 14.5. The third-order valence-electron chi connectivity index (χ3n) is 3.17. The minimum Gasteiger partial charge on any atom is -0.379 e. The van der Waals surface area contributed by atoms with Gasteiger partial charge in [0.25, 0.3) is 0 Å². The summed E-state index contributed by atoms with van der Waals surface area (Å²) in [6.07, 6.45) is 0.914. The van der Waals surface area contributed by atoms with Gasteiger partial charge in [0, 0.05) is 12.2 Å². The first kappa shape index (κ1) is 14.6. The van der Waals surface area contributed by atoms with Crippen LogP contribution in [0.2, 0.25) is 0 Å². The van der Waals surface area contributed by atoms with E-state index in [9.17, 15) is 0 Å². The van der Waals surface area contributed by atoms with Crippen molar-refractivity contribution >= 4 is 21.6 Å². The van der Waals surface area contributed by atoms with Gasteiger partial charge in [-0.1, -0.05) is 6.92 Å². The van der Waals surface area contributed by atoms with Crippen molar-refractivity contribution in [2.45, 2.75) is 33.4 Å². The molecule has 1 heterocycles. The molecular formula is C15H17BrN4. The Kier molecular flexibility index (Phi) is 4.80. The molecule has 2 rings (SSSR count). The van der Waals surface area contributed by atoms with Crippen molar-refractivity contribution in [3.05, 3.63) is 45.7 Å². The number of hydrogen-bond donors (Lipinski definition) is 1. The van der Waals surface area contributed by atoms with E-state index in [1.54, 1.807) is 0 Å². The second-order valence-corrected chi connectivity index (χ2v) is 5.21. The molecule has 0 aliphatic rings. The van der Waals surface area contributed by atoms with Crippen LogP contribution in [0.1, 0.15) is 30.8 Å². The molecule has 0 atom stereocenters. The first-order chi connectivity index (χ1) is 9.69. The number of hydrogen-bond acceptors (Lipinski definition) is 3. The fourth-order valence-electron chi connectivity index (χ4n) is 2.03. The minimum atomic E-state index is 0.670. The van der Waals surface area contributed by atoms with Gasteiger partial charge in [0.15, 0.2) is 0 Å². The first-order valence-corrected chi connectivity index (χ1v) is 7.47. The van der Waals surface area contributed by atoms with Gasteiger partial charge < -0.3 is 5.32 Å². The SMILES string of the molecule is CCc1nn(CC)c(CNc2ccc(C#N)cc2)c1Br. The number of nitrogens with one attached hydrogen (secondary N) is 1. The van der Waals surface area contributed by atoms with E-state index in [1.165, 1.54) is 0 Å². The van der Waals surface area contributed by atoms with Crippen molar-refractivity contribution in [3.63, 3.8) is 0 Å². The molecule has 0 unspecified atom stereocenters. The summed E-state index contributed by atoms with van der Waals surface area (Å²) in [7, 11) is 0. The van der Waals surface area contributed by atoms with E-state index < -0.39 is 0 Å². The zero-order valence-electron chi connectivity index (χ0n) is 11.7. The largest absolute Gasteiger partial charge is 0.379 e. The monoisotopic (exact) mass is 332 g/mol. The average Bonchev–Trinajstić information content (AvgIpc) is 2.81. The summed E-state index contributed by atoms with van der Waals surface area (Å²) in [5, 5.41) is 16.7. The molecule has 0 aliphatic heterocycles. The van der Waals surface area contributed by atoms with Crippen LogP contribution < -0.4 is 5.32 Å². The van der Waals surface area contributed by atoms with Crippen LogP contribution in [-0.4, -0.2) is 9.78 Å². The van der Waals surface area contributed by atoms with E-state index in [1.807, 2.05) is 28.9 Å². The van der Waals surface area contributed by atoms with Gasteiger partial charge >= 0.3 is 0 Å². The van der Waals surface area contributed by atoms with Crippen LogP contribution in [0.5, 0.6) is 0 Å². The van der Waals surface area contributed by atoms with Crippen molar-refractivity contribution < 1.29 is 0 Å². The van der Waals surface area contributed by atoms with Crippen LogP contribution in [0, 0.1) is 11.3 Å². The molecule has 2 aromatic rings. The second kappa shape index (κ2) is 6.58. The summed E-state index contributed by atoms with van der Waals surface area (Å²) in [4.78, 5) is 0. The van der Waals surface area contributed by atoms with E-state index in [4.69, 9.17) is 5.26 Å². The quantitative estimate of drug-likeness (QED) is 0.907. The minimum absolute atomic E-state index is 0.670. The highest BCUT2D eigenvalue weighted by molar-refractivity contribution is 9.10. The molecule has 1 aromatic heterocycles. The third-order valence-corrected chi connectivity index (χ3v) is 4.08. The summed E-state index contributed by atoms with van der Waals surface area (Å²) < 4.78 is 3.10.